The average molecular weight is 262 g/mol. The summed E-state index contributed by atoms with van der Waals surface area (Å²) >= 11 is 1.56. The third kappa shape index (κ3) is 4.27. The Bertz CT molecular complexity index is 322. The predicted octanol–water partition coefficient (Wildman–Crippen LogP) is 2.89. The molecule has 0 radical (unpaired) electrons. The summed E-state index contributed by atoms with van der Waals surface area (Å²) in [6, 6.07) is 0. The summed E-state index contributed by atoms with van der Waals surface area (Å²) in [4.78, 5) is 6.11. The summed E-state index contributed by atoms with van der Waals surface area (Å²) < 4.78 is 30.9. The van der Waals surface area contributed by atoms with Crippen LogP contribution in [0.3, 0.4) is 0 Å². The quantitative estimate of drug-likeness (QED) is 0.603. The highest BCUT2D eigenvalue weighted by atomic mass is 32.2. The third-order valence-corrected chi connectivity index (χ3v) is 3.78. The largest absolute Gasteiger partial charge is 0.440 e. The van der Waals surface area contributed by atoms with Crippen molar-refractivity contribution in [3.8, 4) is 0 Å². The Morgan fingerprint density at radius 1 is 1.41 bits per heavy atom. The Morgan fingerprint density at radius 3 is 2.82 bits per heavy atom. The maximum absolute atomic E-state index is 12.9. The standard InChI is InChI=1S/C11H16F2N2OS/c12-11(13)2-6-15(7-3-11)5-1-9-17-10-14-4-8-16-10/h4,8H,1-3,5-7,9H2. The highest BCUT2D eigenvalue weighted by molar-refractivity contribution is 7.99. The molecule has 0 aromatic carbocycles. The van der Waals surface area contributed by atoms with Crippen LogP contribution in [0.4, 0.5) is 8.78 Å². The Kier molecular flexibility index (Phi) is 4.39. The van der Waals surface area contributed by atoms with Gasteiger partial charge in [0.2, 0.25) is 0 Å². The van der Waals surface area contributed by atoms with Crippen LogP contribution in [-0.4, -0.2) is 41.2 Å². The van der Waals surface area contributed by atoms with Crippen LogP contribution >= 0.6 is 11.8 Å². The summed E-state index contributed by atoms with van der Waals surface area (Å²) in [5, 5.41) is 0.676. The first-order valence-corrected chi connectivity index (χ1v) is 6.77. The molecule has 0 unspecified atom stereocenters. The summed E-state index contributed by atoms with van der Waals surface area (Å²) in [7, 11) is 0. The predicted molar refractivity (Wildman–Crippen MR) is 62.5 cm³/mol. The number of likely N-dealkylation sites (tertiary alicyclic amines) is 1. The molecule has 17 heavy (non-hydrogen) atoms. The van der Waals surface area contributed by atoms with Gasteiger partial charge in [0, 0.05) is 31.7 Å². The minimum Gasteiger partial charge on any atom is -0.440 e. The van der Waals surface area contributed by atoms with Crippen molar-refractivity contribution < 1.29 is 13.2 Å². The minimum atomic E-state index is -2.44. The van der Waals surface area contributed by atoms with E-state index < -0.39 is 5.92 Å². The van der Waals surface area contributed by atoms with Gasteiger partial charge in [0.15, 0.2) is 0 Å². The molecule has 0 bridgehead atoms. The van der Waals surface area contributed by atoms with E-state index in [4.69, 9.17) is 4.42 Å². The van der Waals surface area contributed by atoms with E-state index in [1.807, 2.05) is 0 Å². The van der Waals surface area contributed by atoms with Crippen molar-refractivity contribution in [1.29, 1.82) is 0 Å². The van der Waals surface area contributed by atoms with Gasteiger partial charge in [-0.1, -0.05) is 11.8 Å². The van der Waals surface area contributed by atoms with Crippen LogP contribution in [0.5, 0.6) is 0 Å². The van der Waals surface area contributed by atoms with Crippen LogP contribution in [0.25, 0.3) is 0 Å². The summed E-state index contributed by atoms with van der Waals surface area (Å²) in [6.07, 6.45) is 4.14. The molecule has 1 aromatic rings. The lowest BCUT2D eigenvalue weighted by Gasteiger charge is -2.31. The van der Waals surface area contributed by atoms with Gasteiger partial charge in [-0.25, -0.2) is 13.8 Å². The van der Waals surface area contributed by atoms with Crippen molar-refractivity contribution >= 4 is 11.8 Å². The number of nitrogens with zero attached hydrogens (tertiary/aromatic N) is 2. The zero-order valence-corrected chi connectivity index (χ0v) is 10.4. The van der Waals surface area contributed by atoms with E-state index in [2.05, 4.69) is 9.88 Å². The highest BCUT2D eigenvalue weighted by Crippen LogP contribution is 2.27. The maximum Gasteiger partial charge on any atom is 0.255 e. The normalized spacial score (nSPS) is 20.6. The Hall–Kier alpha value is -0.620. The van der Waals surface area contributed by atoms with Gasteiger partial charge in [-0.05, 0) is 13.0 Å². The van der Waals surface area contributed by atoms with Gasteiger partial charge in [0.05, 0.1) is 6.20 Å². The summed E-state index contributed by atoms with van der Waals surface area (Å²) in [5.41, 5.74) is 0. The molecule has 0 atom stereocenters. The smallest absolute Gasteiger partial charge is 0.255 e. The molecule has 96 valence electrons. The lowest BCUT2D eigenvalue weighted by molar-refractivity contribution is -0.0549. The SMILES string of the molecule is FC1(F)CCN(CCCSc2ncco2)CC1. The fraction of sp³-hybridized carbons (Fsp3) is 0.727. The fourth-order valence-corrected chi connectivity index (χ4v) is 2.54. The molecule has 0 spiro atoms. The van der Waals surface area contributed by atoms with E-state index in [0.717, 1.165) is 18.7 Å². The van der Waals surface area contributed by atoms with Crippen LogP contribution in [0.1, 0.15) is 19.3 Å². The molecule has 0 aliphatic carbocycles. The van der Waals surface area contributed by atoms with Crippen LogP contribution in [-0.2, 0) is 0 Å². The van der Waals surface area contributed by atoms with E-state index in [0.29, 0.717) is 18.3 Å². The molecule has 1 aliphatic rings. The molecule has 6 heteroatoms. The maximum atomic E-state index is 12.9. The summed E-state index contributed by atoms with van der Waals surface area (Å²) in [5.74, 6) is -1.53. The van der Waals surface area contributed by atoms with Crippen LogP contribution in [0, 0.1) is 0 Å². The van der Waals surface area contributed by atoms with Gasteiger partial charge in [-0.2, -0.15) is 0 Å². The van der Waals surface area contributed by atoms with E-state index in [9.17, 15) is 8.78 Å². The number of hydrogen-bond donors (Lipinski definition) is 0. The van der Waals surface area contributed by atoms with E-state index in [-0.39, 0.29) is 12.8 Å². The van der Waals surface area contributed by atoms with Crippen LogP contribution < -0.4 is 0 Å². The number of thioether (sulfide) groups is 1. The third-order valence-electron chi connectivity index (χ3n) is 2.84. The van der Waals surface area contributed by atoms with E-state index in [1.165, 1.54) is 0 Å². The van der Waals surface area contributed by atoms with Crippen molar-refractivity contribution in [2.24, 2.45) is 0 Å². The Morgan fingerprint density at radius 2 is 2.18 bits per heavy atom. The second-order valence-electron chi connectivity index (χ2n) is 4.20. The molecule has 0 saturated carbocycles. The number of oxazole rings is 1. The zero-order chi connectivity index (χ0) is 12.1. The second-order valence-corrected chi connectivity index (χ2v) is 5.24. The van der Waals surface area contributed by atoms with Gasteiger partial charge < -0.3 is 9.32 Å². The number of halogens is 2. The van der Waals surface area contributed by atoms with Gasteiger partial charge in [-0.15, -0.1) is 0 Å². The zero-order valence-electron chi connectivity index (χ0n) is 9.57. The monoisotopic (exact) mass is 262 g/mol. The summed E-state index contributed by atoms with van der Waals surface area (Å²) in [6.45, 7) is 1.90. The lowest BCUT2D eigenvalue weighted by Crippen LogP contribution is -2.39. The molecule has 1 fully saturated rings. The van der Waals surface area contributed by atoms with E-state index in [1.54, 1.807) is 24.2 Å². The lowest BCUT2D eigenvalue weighted by atomic mass is 10.1. The molecule has 2 rings (SSSR count). The topological polar surface area (TPSA) is 29.3 Å². The number of aromatic nitrogens is 1. The Balaban J connectivity index is 1.57. The molecule has 2 heterocycles. The Labute approximate surface area is 104 Å². The number of piperidine rings is 1. The van der Waals surface area contributed by atoms with Crippen molar-refractivity contribution in [2.45, 2.75) is 30.4 Å². The van der Waals surface area contributed by atoms with E-state index >= 15 is 0 Å². The average Bonchev–Trinajstić information content (AvgIpc) is 2.79. The van der Waals surface area contributed by atoms with Crippen molar-refractivity contribution in [1.82, 2.24) is 9.88 Å². The molecular formula is C11H16F2N2OS. The molecule has 0 N–H and O–H groups in total. The minimum absolute atomic E-state index is 0.000117. The fourth-order valence-electron chi connectivity index (χ4n) is 1.83. The van der Waals surface area contributed by atoms with Gasteiger partial charge in [-0.3, -0.25) is 0 Å². The van der Waals surface area contributed by atoms with Gasteiger partial charge in [0.25, 0.3) is 11.1 Å². The van der Waals surface area contributed by atoms with Crippen molar-refractivity contribution in [3.05, 3.63) is 12.5 Å². The van der Waals surface area contributed by atoms with Gasteiger partial charge >= 0.3 is 0 Å². The van der Waals surface area contributed by atoms with Crippen LogP contribution in [0.15, 0.2) is 22.1 Å². The number of hydrogen-bond acceptors (Lipinski definition) is 4. The van der Waals surface area contributed by atoms with Crippen LogP contribution in [0.2, 0.25) is 0 Å². The molecule has 0 amide bonds. The molecule has 1 aliphatic heterocycles. The first kappa shape index (κ1) is 12.8. The molecular weight excluding hydrogens is 246 g/mol. The number of rotatable bonds is 5. The van der Waals surface area contributed by atoms with Crippen molar-refractivity contribution in [2.75, 3.05) is 25.4 Å². The van der Waals surface area contributed by atoms with Gasteiger partial charge in [0.1, 0.15) is 6.26 Å². The van der Waals surface area contributed by atoms with Crippen molar-refractivity contribution in [3.63, 3.8) is 0 Å². The first-order chi connectivity index (χ1) is 8.16. The highest BCUT2D eigenvalue weighted by Gasteiger charge is 2.33. The molecule has 1 aromatic heterocycles. The first-order valence-electron chi connectivity index (χ1n) is 5.78. The second kappa shape index (κ2) is 5.82. The molecule has 3 nitrogen and oxygen atoms in total. The molecule has 1 saturated heterocycles. The number of alkyl halides is 2.